The summed E-state index contributed by atoms with van der Waals surface area (Å²) in [5.41, 5.74) is 4.74. The third kappa shape index (κ3) is 6.87. The van der Waals surface area contributed by atoms with Crippen LogP contribution in [0.15, 0.2) is 60.8 Å². The van der Waals surface area contributed by atoms with Gasteiger partial charge in [0.1, 0.15) is 0 Å². The van der Waals surface area contributed by atoms with Crippen LogP contribution in [0.25, 0.3) is 22.5 Å². The minimum Gasteiger partial charge on any atom is -0.481 e. The molecule has 50 heavy (non-hydrogen) atoms. The first-order valence-corrected chi connectivity index (χ1v) is 17.4. The van der Waals surface area contributed by atoms with Gasteiger partial charge in [-0.2, -0.15) is 0 Å². The van der Waals surface area contributed by atoms with Gasteiger partial charge in [-0.1, -0.05) is 53.5 Å². The molecule has 1 spiro atoms. The molecular formula is C37H38Cl2FN7O3. The van der Waals surface area contributed by atoms with E-state index in [0.29, 0.717) is 81.4 Å². The van der Waals surface area contributed by atoms with Gasteiger partial charge in [0, 0.05) is 99.1 Å². The van der Waals surface area contributed by atoms with E-state index in [1.165, 1.54) is 0 Å². The Kier molecular flexibility index (Phi) is 9.67. The fourth-order valence-corrected chi connectivity index (χ4v) is 7.74. The molecule has 3 saturated heterocycles. The standard InChI is InChI=1S/C37H38Cl2FN7O3/c1-22(48)47-20-37(21-47)18-46(19-37)17-24-5-3-8-30(34(24)40)44-29-7-4-6-27(32(29)38)35-33(39)26(13-14-42-35)28-11-9-23(36(45-28)50-2)15-41-16-25-10-12-31(49)43-25/h3-9,11,13-14,25,41,44H,10,12,15-21H2,1-2H3,(H,43,49). The summed E-state index contributed by atoms with van der Waals surface area (Å²) in [6, 6.07) is 16.5. The lowest BCUT2D eigenvalue weighted by Gasteiger charge is -2.60. The van der Waals surface area contributed by atoms with Crippen LogP contribution in [0, 0.1) is 11.2 Å². The molecule has 2 aromatic carbocycles. The Bertz CT molecular complexity index is 1950. The first-order chi connectivity index (χ1) is 24.1. The molecule has 2 amide bonds. The van der Waals surface area contributed by atoms with Crippen molar-refractivity contribution in [1.82, 2.24) is 30.4 Å². The molecule has 7 rings (SSSR count). The van der Waals surface area contributed by atoms with Crippen LogP contribution >= 0.6 is 23.2 Å². The van der Waals surface area contributed by atoms with Crippen molar-refractivity contribution >= 4 is 46.4 Å². The number of benzene rings is 2. The number of hydrogen-bond donors (Lipinski definition) is 3. The lowest BCUT2D eigenvalue weighted by molar-refractivity contribution is -0.157. The highest BCUT2D eigenvalue weighted by molar-refractivity contribution is 6.39. The SMILES string of the molecule is COc1nc(-c2ccnc(-c3cccc(Nc4cccc(CN5CC6(C5)CN(C(C)=O)C6)c4F)c3Cl)c2Cl)ccc1CNCC1CCC(=O)N1. The molecule has 1 atom stereocenters. The molecular weight excluding hydrogens is 680 g/mol. The zero-order chi connectivity index (χ0) is 35.0. The summed E-state index contributed by atoms with van der Waals surface area (Å²) in [6.07, 6.45) is 3.03. The van der Waals surface area contributed by atoms with E-state index < -0.39 is 0 Å². The summed E-state index contributed by atoms with van der Waals surface area (Å²) in [4.78, 5) is 36.5. The number of aromatic nitrogens is 2. The Morgan fingerprint density at radius 3 is 2.54 bits per heavy atom. The van der Waals surface area contributed by atoms with Gasteiger partial charge >= 0.3 is 0 Å². The predicted octanol–water partition coefficient (Wildman–Crippen LogP) is 6.04. The fourth-order valence-electron chi connectivity index (χ4n) is 7.17. The minimum atomic E-state index is -0.337. The van der Waals surface area contributed by atoms with Gasteiger partial charge in [0.15, 0.2) is 5.82 Å². The third-order valence-corrected chi connectivity index (χ3v) is 10.5. The van der Waals surface area contributed by atoms with Crippen molar-refractivity contribution in [1.29, 1.82) is 0 Å². The van der Waals surface area contributed by atoms with Gasteiger partial charge in [-0.15, -0.1) is 0 Å². The molecule has 3 fully saturated rings. The molecule has 0 aliphatic carbocycles. The van der Waals surface area contributed by atoms with Gasteiger partial charge in [-0.25, -0.2) is 9.37 Å². The molecule has 3 aliphatic rings. The summed E-state index contributed by atoms with van der Waals surface area (Å²) in [5, 5.41) is 10.2. The van der Waals surface area contributed by atoms with Crippen molar-refractivity contribution in [3.8, 4) is 28.4 Å². The molecule has 13 heteroatoms. The van der Waals surface area contributed by atoms with E-state index in [1.54, 1.807) is 44.5 Å². The zero-order valence-corrected chi connectivity index (χ0v) is 29.4. The maximum atomic E-state index is 15.8. The van der Waals surface area contributed by atoms with Crippen LogP contribution in [-0.2, 0) is 22.7 Å². The highest BCUT2D eigenvalue weighted by atomic mass is 35.5. The van der Waals surface area contributed by atoms with Crippen molar-refractivity contribution in [2.45, 2.75) is 38.9 Å². The lowest BCUT2D eigenvalue weighted by atomic mass is 9.72. The number of ether oxygens (including phenoxy) is 1. The molecule has 5 heterocycles. The monoisotopic (exact) mass is 717 g/mol. The van der Waals surface area contributed by atoms with Crippen LogP contribution in [-0.4, -0.2) is 77.5 Å². The summed E-state index contributed by atoms with van der Waals surface area (Å²) in [6.45, 7) is 6.51. The lowest BCUT2D eigenvalue weighted by Crippen LogP contribution is -2.72. The van der Waals surface area contributed by atoms with Crippen LogP contribution in [0.2, 0.25) is 10.0 Å². The van der Waals surface area contributed by atoms with E-state index in [2.05, 4.69) is 25.8 Å². The maximum Gasteiger partial charge on any atom is 0.220 e. The van der Waals surface area contributed by atoms with Crippen molar-refractivity contribution in [3.63, 3.8) is 0 Å². The van der Waals surface area contributed by atoms with E-state index in [1.807, 2.05) is 35.2 Å². The quantitative estimate of drug-likeness (QED) is 0.172. The molecule has 3 N–H and O–H groups in total. The smallest absolute Gasteiger partial charge is 0.220 e. The maximum absolute atomic E-state index is 15.8. The number of methoxy groups -OCH3 is 1. The molecule has 3 aliphatic heterocycles. The predicted molar refractivity (Wildman–Crippen MR) is 192 cm³/mol. The molecule has 1 unspecified atom stereocenters. The van der Waals surface area contributed by atoms with Gasteiger partial charge < -0.3 is 25.6 Å². The van der Waals surface area contributed by atoms with E-state index >= 15 is 4.39 Å². The second kappa shape index (κ2) is 14.1. The Balaban J connectivity index is 1.05. The molecule has 2 aromatic heterocycles. The normalized spacial score (nSPS) is 18.1. The Morgan fingerprint density at radius 1 is 1.02 bits per heavy atom. The molecule has 0 radical (unpaired) electrons. The number of likely N-dealkylation sites (tertiary alicyclic amines) is 2. The minimum absolute atomic E-state index is 0.0858. The van der Waals surface area contributed by atoms with Crippen molar-refractivity contribution in [3.05, 3.63) is 87.8 Å². The fraction of sp³-hybridized carbons (Fsp3) is 0.351. The number of carbonyl (C=O) groups is 2. The second-order valence-corrected chi connectivity index (χ2v) is 14.2. The van der Waals surface area contributed by atoms with Crippen LogP contribution in [0.5, 0.6) is 5.88 Å². The molecule has 0 saturated carbocycles. The summed E-state index contributed by atoms with van der Waals surface area (Å²) >= 11 is 13.9. The van der Waals surface area contributed by atoms with Gasteiger partial charge in [0.25, 0.3) is 0 Å². The molecule has 10 nitrogen and oxygen atoms in total. The largest absolute Gasteiger partial charge is 0.481 e. The van der Waals surface area contributed by atoms with Crippen LogP contribution < -0.4 is 20.7 Å². The van der Waals surface area contributed by atoms with Crippen LogP contribution in [0.3, 0.4) is 0 Å². The van der Waals surface area contributed by atoms with E-state index in [0.717, 1.165) is 38.2 Å². The van der Waals surface area contributed by atoms with E-state index in [-0.39, 0.29) is 29.1 Å². The van der Waals surface area contributed by atoms with Crippen molar-refractivity contribution < 1.29 is 18.7 Å². The molecule has 260 valence electrons. The number of amides is 2. The van der Waals surface area contributed by atoms with Crippen LogP contribution in [0.4, 0.5) is 15.8 Å². The number of nitrogens with zero attached hydrogens (tertiary/aromatic N) is 4. The first-order valence-electron chi connectivity index (χ1n) is 16.6. The third-order valence-electron chi connectivity index (χ3n) is 9.70. The topological polar surface area (TPSA) is 112 Å². The summed E-state index contributed by atoms with van der Waals surface area (Å²) in [7, 11) is 1.57. The highest BCUT2D eigenvalue weighted by Gasteiger charge is 2.52. The number of rotatable bonds is 11. The number of carbonyl (C=O) groups excluding carboxylic acids is 2. The summed E-state index contributed by atoms with van der Waals surface area (Å²) in [5.74, 6) is 0.316. The second-order valence-electron chi connectivity index (χ2n) is 13.4. The average Bonchev–Trinajstić information content (AvgIpc) is 3.49. The molecule has 0 bridgehead atoms. The Labute approximate surface area is 300 Å². The van der Waals surface area contributed by atoms with Gasteiger partial charge in [-0.3, -0.25) is 19.5 Å². The number of nitrogens with one attached hydrogen (secondary N) is 3. The number of pyridine rings is 2. The summed E-state index contributed by atoms with van der Waals surface area (Å²) < 4.78 is 21.4. The Morgan fingerprint density at radius 2 is 1.80 bits per heavy atom. The average molecular weight is 719 g/mol. The number of halogens is 3. The van der Waals surface area contributed by atoms with E-state index in [4.69, 9.17) is 32.9 Å². The first kappa shape index (κ1) is 34.2. The van der Waals surface area contributed by atoms with Gasteiger partial charge in [-0.05, 0) is 30.7 Å². The number of anilines is 2. The Hall–Kier alpha value is -4.29. The van der Waals surface area contributed by atoms with E-state index in [9.17, 15) is 9.59 Å². The molecule has 4 aromatic rings. The highest BCUT2D eigenvalue weighted by Crippen LogP contribution is 2.42. The van der Waals surface area contributed by atoms with Crippen molar-refractivity contribution in [2.75, 3.05) is 45.2 Å². The zero-order valence-electron chi connectivity index (χ0n) is 27.9. The van der Waals surface area contributed by atoms with Gasteiger partial charge in [0.05, 0.1) is 39.9 Å². The number of hydrogen-bond acceptors (Lipinski definition) is 8. The van der Waals surface area contributed by atoms with Crippen LogP contribution in [0.1, 0.15) is 30.9 Å². The van der Waals surface area contributed by atoms with Gasteiger partial charge in [0.2, 0.25) is 17.7 Å². The van der Waals surface area contributed by atoms with Crippen molar-refractivity contribution in [2.24, 2.45) is 5.41 Å².